The summed E-state index contributed by atoms with van der Waals surface area (Å²) in [5, 5.41) is 6.69. The van der Waals surface area contributed by atoms with Gasteiger partial charge >= 0.3 is 0 Å². The van der Waals surface area contributed by atoms with Crippen LogP contribution in [0.3, 0.4) is 0 Å². The first-order valence-corrected chi connectivity index (χ1v) is 11.1. The Balaban J connectivity index is 0.00000385. The van der Waals surface area contributed by atoms with E-state index < -0.39 is 0 Å². The molecule has 1 aliphatic rings. The van der Waals surface area contributed by atoms with Gasteiger partial charge in [0.15, 0.2) is 17.5 Å². The monoisotopic (exact) mass is 569 g/mol. The molecule has 0 spiro atoms. The van der Waals surface area contributed by atoms with E-state index in [9.17, 15) is 0 Å². The normalized spacial score (nSPS) is 16.5. The number of aliphatic imine (C=N–C) groups is 1. The van der Waals surface area contributed by atoms with E-state index >= 15 is 0 Å². The molecule has 0 aliphatic carbocycles. The van der Waals surface area contributed by atoms with Gasteiger partial charge in [-0.2, -0.15) is 0 Å². The number of rotatable bonds is 10. The predicted molar refractivity (Wildman–Crippen MR) is 142 cm³/mol. The Kier molecular flexibility index (Phi) is 11.6. The van der Waals surface area contributed by atoms with Crippen molar-refractivity contribution in [2.24, 2.45) is 10.9 Å². The minimum Gasteiger partial charge on any atom is -0.493 e. The maximum Gasteiger partial charge on any atom is 0.191 e. The van der Waals surface area contributed by atoms with Crippen LogP contribution in [0.25, 0.3) is 0 Å². The standard InChI is InChI=1S/C25H35N3O4.HI/c1-18-9-10-21(24(13-18)31-17-20-11-12-30-16-20)15-28-25(26-3)27-14-19(2)32-23-8-6-5-7-22(23)29-4;/h5-10,13,19-20H,11-12,14-17H2,1-4H3,(H2,26,27,28);1H. The predicted octanol–water partition coefficient (Wildman–Crippen LogP) is 4.17. The lowest BCUT2D eigenvalue weighted by Crippen LogP contribution is -2.41. The van der Waals surface area contributed by atoms with E-state index in [4.69, 9.17) is 18.9 Å². The largest absolute Gasteiger partial charge is 0.493 e. The summed E-state index contributed by atoms with van der Waals surface area (Å²) in [6, 6.07) is 13.9. The second-order valence-electron chi connectivity index (χ2n) is 8.04. The van der Waals surface area contributed by atoms with Crippen molar-refractivity contribution < 1.29 is 18.9 Å². The van der Waals surface area contributed by atoms with Gasteiger partial charge in [-0.1, -0.05) is 24.3 Å². The van der Waals surface area contributed by atoms with Crippen LogP contribution in [-0.2, 0) is 11.3 Å². The lowest BCUT2D eigenvalue weighted by Gasteiger charge is -2.20. The number of hydrogen-bond acceptors (Lipinski definition) is 5. The van der Waals surface area contributed by atoms with Gasteiger partial charge in [0.25, 0.3) is 0 Å². The molecule has 0 radical (unpaired) electrons. The molecule has 1 fully saturated rings. The highest BCUT2D eigenvalue weighted by Crippen LogP contribution is 2.26. The lowest BCUT2D eigenvalue weighted by atomic mass is 10.1. The van der Waals surface area contributed by atoms with Crippen LogP contribution in [0.4, 0.5) is 0 Å². The van der Waals surface area contributed by atoms with Gasteiger partial charge in [-0.15, -0.1) is 24.0 Å². The third kappa shape index (κ3) is 8.58. The molecule has 0 saturated carbocycles. The summed E-state index contributed by atoms with van der Waals surface area (Å²) in [5.41, 5.74) is 2.27. The zero-order chi connectivity index (χ0) is 22.8. The Hall–Kier alpha value is -2.20. The van der Waals surface area contributed by atoms with Crippen LogP contribution in [0.15, 0.2) is 47.5 Å². The fourth-order valence-corrected chi connectivity index (χ4v) is 3.48. The van der Waals surface area contributed by atoms with E-state index in [-0.39, 0.29) is 30.1 Å². The summed E-state index contributed by atoms with van der Waals surface area (Å²) in [4.78, 5) is 4.33. The van der Waals surface area contributed by atoms with E-state index in [1.54, 1.807) is 14.2 Å². The number of nitrogens with zero attached hydrogens (tertiary/aromatic N) is 1. The van der Waals surface area contributed by atoms with Crippen molar-refractivity contribution >= 4 is 29.9 Å². The molecular formula is C25H36IN3O4. The van der Waals surface area contributed by atoms with Crippen LogP contribution in [0.1, 0.15) is 24.5 Å². The number of halogens is 1. The van der Waals surface area contributed by atoms with Crippen molar-refractivity contribution in [2.45, 2.75) is 32.9 Å². The number of guanidine groups is 1. The highest BCUT2D eigenvalue weighted by atomic mass is 127. The average Bonchev–Trinajstić information content (AvgIpc) is 3.33. The molecule has 1 aliphatic heterocycles. The van der Waals surface area contributed by atoms with E-state index in [1.807, 2.05) is 31.2 Å². The zero-order valence-electron chi connectivity index (χ0n) is 19.9. The summed E-state index contributed by atoms with van der Waals surface area (Å²) < 4.78 is 23.0. The fourth-order valence-electron chi connectivity index (χ4n) is 3.48. The third-order valence-corrected chi connectivity index (χ3v) is 5.35. The number of benzene rings is 2. The van der Waals surface area contributed by atoms with E-state index in [0.29, 0.717) is 31.6 Å². The van der Waals surface area contributed by atoms with Crippen LogP contribution >= 0.6 is 24.0 Å². The van der Waals surface area contributed by atoms with Crippen molar-refractivity contribution in [2.75, 3.05) is 40.5 Å². The highest BCUT2D eigenvalue weighted by Gasteiger charge is 2.17. The van der Waals surface area contributed by atoms with Gasteiger partial charge < -0.3 is 29.6 Å². The first-order chi connectivity index (χ1) is 15.6. The van der Waals surface area contributed by atoms with Crippen molar-refractivity contribution in [3.63, 3.8) is 0 Å². The molecule has 8 heteroatoms. The van der Waals surface area contributed by atoms with Crippen LogP contribution in [0.5, 0.6) is 17.2 Å². The van der Waals surface area contributed by atoms with Gasteiger partial charge in [-0.05, 0) is 44.0 Å². The minimum atomic E-state index is -0.0725. The molecule has 1 saturated heterocycles. The molecule has 182 valence electrons. The maximum atomic E-state index is 6.14. The number of nitrogens with one attached hydrogen (secondary N) is 2. The molecule has 2 N–H and O–H groups in total. The molecule has 7 nitrogen and oxygen atoms in total. The van der Waals surface area contributed by atoms with Gasteiger partial charge in [0.05, 0.1) is 26.9 Å². The number of hydrogen-bond donors (Lipinski definition) is 2. The molecule has 2 unspecified atom stereocenters. The fraction of sp³-hybridized carbons (Fsp3) is 0.480. The third-order valence-electron chi connectivity index (χ3n) is 5.35. The SMILES string of the molecule is CN=C(NCc1ccc(C)cc1OCC1CCOC1)NCC(C)Oc1ccccc1OC.I. The molecule has 2 aromatic carbocycles. The first-order valence-electron chi connectivity index (χ1n) is 11.1. The average molecular weight is 569 g/mol. The summed E-state index contributed by atoms with van der Waals surface area (Å²) in [6.45, 7) is 7.58. The molecule has 3 rings (SSSR count). The number of aryl methyl sites for hydroxylation is 1. The quantitative estimate of drug-likeness (QED) is 0.254. The number of ether oxygens (including phenoxy) is 4. The Labute approximate surface area is 214 Å². The van der Waals surface area contributed by atoms with Gasteiger partial charge in [0, 0.05) is 31.7 Å². The summed E-state index contributed by atoms with van der Waals surface area (Å²) >= 11 is 0. The Morgan fingerprint density at radius 2 is 1.94 bits per heavy atom. The van der Waals surface area contributed by atoms with Crippen LogP contribution < -0.4 is 24.8 Å². The van der Waals surface area contributed by atoms with Gasteiger partial charge in [0.2, 0.25) is 0 Å². The summed E-state index contributed by atoms with van der Waals surface area (Å²) in [5.74, 6) is 3.53. The van der Waals surface area contributed by atoms with Gasteiger partial charge in [-0.3, -0.25) is 4.99 Å². The topological polar surface area (TPSA) is 73.3 Å². The van der Waals surface area contributed by atoms with Gasteiger partial charge in [-0.25, -0.2) is 0 Å². The van der Waals surface area contributed by atoms with Crippen molar-refractivity contribution in [3.05, 3.63) is 53.6 Å². The summed E-state index contributed by atoms with van der Waals surface area (Å²) in [6.07, 6.45) is 0.988. The second kappa shape index (κ2) is 14.1. The molecule has 0 aromatic heterocycles. The van der Waals surface area contributed by atoms with Crippen LogP contribution in [0.2, 0.25) is 0 Å². The van der Waals surface area contributed by atoms with Crippen molar-refractivity contribution in [1.29, 1.82) is 0 Å². The van der Waals surface area contributed by atoms with Crippen molar-refractivity contribution in [1.82, 2.24) is 10.6 Å². The van der Waals surface area contributed by atoms with E-state index in [1.165, 1.54) is 5.56 Å². The first kappa shape index (κ1) is 27.0. The highest BCUT2D eigenvalue weighted by molar-refractivity contribution is 14.0. The maximum absolute atomic E-state index is 6.14. The van der Waals surface area contributed by atoms with E-state index in [0.717, 1.165) is 42.4 Å². The van der Waals surface area contributed by atoms with Crippen LogP contribution in [0, 0.1) is 12.8 Å². The Bertz CT molecular complexity index is 888. The summed E-state index contributed by atoms with van der Waals surface area (Å²) in [7, 11) is 3.40. The minimum absolute atomic E-state index is 0. The Morgan fingerprint density at radius 1 is 1.15 bits per heavy atom. The lowest BCUT2D eigenvalue weighted by molar-refractivity contribution is 0.166. The van der Waals surface area contributed by atoms with Crippen LogP contribution in [-0.4, -0.2) is 52.6 Å². The smallest absolute Gasteiger partial charge is 0.191 e. The van der Waals surface area contributed by atoms with Crippen molar-refractivity contribution in [3.8, 4) is 17.2 Å². The van der Waals surface area contributed by atoms with Gasteiger partial charge in [0.1, 0.15) is 11.9 Å². The molecule has 2 aromatic rings. The molecule has 2 atom stereocenters. The zero-order valence-corrected chi connectivity index (χ0v) is 22.3. The molecule has 0 bridgehead atoms. The number of methoxy groups -OCH3 is 1. The number of para-hydroxylation sites is 2. The molecule has 1 heterocycles. The van der Waals surface area contributed by atoms with E-state index in [2.05, 4.69) is 40.7 Å². The molecule has 33 heavy (non-hydrogen) atoms. The second-order valence-corrected chi connectivity index (χ2v) is 8.04. The Morgan fingerprint density at radius 3 is 2.64 bits per heavy atom. The molecule has 0 amide bonds. The molecular weight excluding hydrogens is 533 g/mol.